The summed E-state index contributed by atoms with van der Waals surface area (Å²) in [6.45, 7) is 3.43. The van der Waals surface area contributed by atoms with Crippen molar-refractivity contribution in [3.05, 3.63) is 40.4 Å². The highest BCUT2D eigenvalue weighted by molar-refractivity contribution is 7.07. The molecule has 0 aromatic carbocycles. The Balaban J connectivity index is 1.83. The second-order valence-corrected chi connectivity index (χ2v) is 3.90. The average molecular weight is 220 g/mol. The molecule has 0 saturated heterocycles. The molecule has 0 unspecified atom stereocenters. The molecule has 2 aromatic heterocycles. The Labute approximate surface area is 92.4 Å². The molecule has 2 rings (SSSR count). The predicted molar refractivity (Wildman–Crippen MR) is 59.4 cm³/mol. The standard InChI is InChI=1S/C10H12N4S/c1-8-12-3-2-9(14-8)4-11-5-10-6-15-7-13-10/h2-3,6-7,11H,4-5H2,1H3. The van der Waals surface area contributed by atoms with E-state index in [4.69, 9.17) is 0 Å². The van der Waals surface area contributed by atoms with Gasteiger partial charge in [0.1, 0.15) is 5.82 Å². The highest BCUT2D eigenvalue weighted by Gasteiger charge is 1.97. The summed E-state index contributed by atoms with van der Waals surface area (Å²) in [4.78, 5) is 12.5. The second-order valence-electron chi connectivity index (χ2n) is 3.18. The van der Waals surface area contributed by atoms with Gasteiger partial charge in [0.2, 0.25) is 0 Å². The summed E-state index contributed by atoms with van der Waals surface area (Å²) < 4.78 is 0. The molecule has 2 heterocycles. The third-order valence-electron chi connectivity index (χ3n) is 1.93. The van der Waals surface area contributed by atoms with E-state index in [1.54, 1.807) is 17.5 Å². The van der Waals surface area contributed by atoms with Gasteiger partial charge in [0.15, 0.2) is 0 Å². The molecule has 15 heavy (non-hydrogen) atoms. The minimum atomic E-state index is 0.751. The van der Waals surface area contributed by atoms with Crippen molar-refractivity contribution in [1.82, 2.24) is 20.3 Å². The van der Waals surface area contributed by atoms with Gasteiger partial charge in [0.25, 0.3) is 0 Å². The van der Waals surface area contributed by atoms with E-state index in [0.29, 0.717) is 0 Å². The van der Waals surface area contributed by atoms with Crippen molar-refractivity contribution in [2.45, 2.75) is 20.0 Å². The van der Waals surface area contributed by atoms with Gasteiger partial charge in [-0.2, -0.15) is 0 Å². The first-order valence-corrected chi connectivity index (χ1v) is 5.65. The molecule has 0 spiro atoms. The van der Waals surface area contributed by atoms with Gasteiger partial charge in [-0.15, -0.1) is 11.3 Å². The van der Waals surface area contributed by atoms with Gasteiger partial charge in [-0.1, -0.05) is 0 Å². The van der Waals surface area contributed by atoms with Crippen LogP contribution in [-0.4, -0.2) is 15.0 Å². The Kier molecular flexibility index (Phi) is 3.37. The minimum absolute atomic E-state index is 0.751. The first-order chi connectivity index (χ1) is 7.34. The Morgan fingerprint density at radius 2 is 2.13 bits per heavy atom. The van der Waals surface area contributed by atoms with Crippen molar-refractivity contribution in [3.8, 4) is 0 Å². The van der Waals surface area contributed by atoms with Crippen molar-refractivity contribution in [2.24, 2.45) is 0 Å². The molecule has 0 aliphatic rings. The topological polar surface area (TPSA) is 50.7 Å². The summed E-state index contributed by atoms with van der Waals surface area (Å²) in [5, 5.41) is 5.33. The van der Waals surface area contributed by atoms with Crippen molar-refractivity contribution < 1.29 is 0 Å². The molecule has 0 atom stereocenters. The van der Waals surface area contributed by atoms with E-state index < -0.39 is 0 Å². The zero-order chi connectivity index (χ0) is 10.5. The van der Waals surface area contributed by atoms with E-state index in [1.807, 2.05) is 23.9 Å². The number of rotatable bonds is 4. The van der Waals surface area contributed by atoms with Gasteiger partial charge in [0.05, 0.1) is 16.9 Å². The van der Waals surface area contributed by atoms with Crippen LogP contribution in [0.5, 0.6) is 0 Å². The summed E-state index contributed by atoms with van der Waals surface area (Å²) >= 11 is 1.61. The number of nitrogens with one attached hydrogen (secondary N) is 1. The van der Waals surface area contributed by atoms with Crippen molar-refractivity contribution in [1.29, 1.82) is 0 Å². The number of thiazole rings is 1. The lowest BCUT2D eigenvalue weighted by Gasteiger charge is -2.02. The first-order valence-electron chi connectivity index (χ1n) is 4.71. The Hall–Kier alpha value is -1.33. The molecular weight excluding hydrogens is 208 g/mol. The predicted octanol–water partition coefficient (Wildman–Crippen LogP) is 1.53. The van der Waals surface area contributed by atoms with Crippen LogP contribution >= 0.6 is 11.3 Å². The lowest BCUT2D eigenvalue weighted by atomic mass is 10.4. The Morgan fingerprint density at radius 1 is 1.27 bits per heavy atom. The van der Waals surface area contributed by atoms with Gasteiger partial charge >= 0.3 is 0 Å². The lowest BCUT2D eigenvalue weighted by molar-refractivity contribution is 0.666. The summed E-state index contributed by atoms with van der Waals surface area (Å²) in [6, 6.07) is 1.92. The minimum Gasteiger partial charge on any atom is -0.305 e. The molecule has 78 valence electrons. The van der Waals surface area contributed by atoms with Crippen LogP contribution in [0, 0.1) is 6.92 Å². The monoisotopic (exact) mass is 220 g/mol. The van der Waals surface area contributed by atoms with Gasteiger partial charge < -0.3 is 5.32 Å². The highest BCUT2D eigenvalue weighted by Crippen LogP contribution is 2.00. The third-order valence-corrected chi connectivity index (χ3v) is 2.56. The summed E-state index contributed by atoms with van der Waals surface area (Å²) in [7, 11) is 0. The fourth-order valence-corrected chi connectivity index (χ4v) is 1.81. The molecular formula is C10H12N4S. The van der Waals surface area contributed by atoms with E-state index in [1.165, 1.54) is 0 Å². The van der Waals surface area contributed by atoms with E-state index in [2.05, 4.69) is 20.3 Å². The molecule has 0 saturated carbocycles. The number of nitrogens with zero attached hydrogens (tertiary/aromatic N) is 3. The third kappa shape index (κ3) is 3.07. The van der Waals surface area contributed by atoms with Crippen LogP contribution < -0.4 is 5.32 Å². The van der Waals surface area contributed by atoms with Gasteiger partial charge in [-0.3, -0.25) is 0 Å². The number of aryl methyl sites for hydroxylation is 1. The molecule has 1 N–H and O–H groups in total. The van der Waals surface area contributed by atoms with Crippen molar-refractivity contribution in [2.75, 3.05) is 0 Å². The lowest BCUT2D eigenvalue weighted by Crippen LogP contribution is -2.14. The smallest absolute Gasteiger partial charge is 0.125 e. The van der Waals surface area contributed by atoms with E-state index in [0.717, 1.165) is 30.3 Å². The molecule has 5 heteroatoms. The maximum absolute atomic E-state index is 4.30. The van der Waals surface area contributed by atoms with Crippen LogP contribution in [0.15, 0.2) is 23.2 Å². The molecule has 4 nitrogen and oxygen atoms in total. The van der Waals surface area contributed by atoms with Crippen LogP contribution in [0.2, 0.25) is 0 Å². The maximum Gasteiger partial charge on any atom is 0.125 e. The molecule has 2 aromatic rings. The number of hydrogen-bond donors (Lipinski definition) is 1. The second kappa shape index (κ2) is 4.95. The maximum atomic E-state index is 4.30. The molecule has 0 aliphatic heterocycles. The van der Waals surface area contributed by atoms with Crippen LogP contribution in [0.3, 0.4) is 0 Å². The summed E-state index contributed by atoms with van der Waals surface area (Å²) in [5.41, 5.74) is 3.93. The number of hydrogen-bond acceptors (Lipinski definition) is 5. The van der Waals surface area contributed by atoms with Crippen molar-refractivity contribution >= 4 is 11.3 Å². The van der Waals surface area contributed by atoms with Crippen LogP contribution in [0.1, 0.15) is 17.2 Å². The molecule has 0 bridgehead atoms. The first kappa shape index (κ1) is 10.2. The zero-order valence-corrected chi connectivity index (χ0v) is 9.29. The van der Waals surface area contributed by atoms with Crippen LogP contribution in [0.4, 0.5) is 0 Å². The quantitative estimate of drug-likeness (QED) is 0.849. The van der Waals surface area contributed by atoms with E-state index in [9.17, 15) is 0 Å². The molecule has 0 aliphatic carbocycles. The number of aromatic nitrogens is 3. The molecule has 0 amide bonds. The Bertz CT molecular complexity index is 413. The van der Waals surface area contributed by atoms with Gasteiger partial charge in [-0.25, -0.2) is 15.0 Å². The molecule has 0 radical (unpaired) electrons. The summed E-state index contributed by atoms with van der Waals surface area (Å²) in [5.74, 6) is 0.808. The van der Waals surface area contributed by atoms with Gasteiger partial charge in [-0.05, 0) is 13.0 Å². The average Bonchev–Trinajstić information content (AvgIpc) is 2.71. The zero-order valence-electron chi connectivity index (χ0n) is 8.47. The van der Waals surface area contributed by atoms with Gasteiger partial charge in [0, 0.05) is 24.7 Å². The fourth-order valence-electron chi connectivity index (χ4n) is 1.25. The normalized spacial score (nSPS) is 10.5. The highest BCUT2D eigenvalue weighted by atomic mass is 32.1. The van der Waals surface area contributed by atoms with E-state index >= 15 is 0 Å². The van der Waals surface area contributed by atoms with E-state index in [-0.39, 0.29) is 0 Å². The van der Waals surface area contributed by atoms with Crippen LogP contribution in [-0.2, 0) is 13.1 Å². The molecule has 0 fully saturated rings. The SMILES string of the molecule is Cc1nccc(CNCc2cscn2)n1. The van der Waals surface area contributed by atoms with Crippen molar-refractivity contribution in [3.63, 3.8) is 0 Å². The summed E-state index contributed by atoms with van der Waals surface area (Å²) in [6.07, 6.45) is 1.78. The Morgan fingerprint density at radius 3 is 2.87 bits per heavy atom. The van der Waals surface area contributed by atoms with Crippen LogP contribution in [0.25, 0.3) is 0 Å². The largest absolute Gasteiger partial charge is 0.305 e. The fraction of sp³-hybridized carbons (Fsp3) is 0.300.